The van der Waals surface area contributed by atoms with Gasteiger partial charge in [-0.1, -0.05) is 12.1 Å². The Labute approximate surface area is 125 Å². The molecule has 0 aliphatic carbocycles. The number of carbonyl (C=O) groups excluding carboxylic acids is 1. The lowest BCUT2D eigenvalue weighted by Crippen LogP contribution is -2.47. The van der Waals surface area contributed by atoms with Crippen LogP contribution in [0.2, 0.25) is 0 Å². The van der Waals surface area contributed by atoms with Gasteiger partial charge in [-0.2, -0.15) is 4.98 Å². The Morgan fingerprint density at radius 3 is 3.00 bits per heavy atom. The van der Waals surface area contributed by atoms with Crippen LogP contribution in [-0.2, 0) is 22.5 Å². The van der Waals surface area contributed by atoms with Crippen molar-refractivity contribution in [1.82, 2.24) is 20.4 Å². The van der Waals surface area contributed by atoms with Crippen LogP contribution in [0.4, 0.5) is 0 Å². The van der Waals surface area contributed by atoms with Crippen LogP contribution in [0.15, 0.2) is 4.52 Å². The molecule has 1 aromatic heterocycles. The van der Waals surface area contributed by atoms with Gasteiger partial charge in [0.2, 0.25) is 11.8 Å². The van der Waals surface area contributed by atoms with Crippen LogP contribution < -0.4 is 5.32 Å². The van der Waals surface area contributed by atoms with Crippen LogP contribution in [-0.4, -0.2) is 52.8 Å². The number of nitrogens with one attached hydrogen (secondary N) is 1. The molecule has 0 saturated carbocycles. The predicted octanol–water partition coefficient (Wildman–Crippen LogP) is 0.748. The highest BCUT2D eigenvalue weighted by atomic mass is 16.5. The molecule has 7 heteroatoms. The molecule has 0 bridgehead atoms. The zero-order valence-corrected chi connectivity index (χ0v) is 13.0. The van der Waals surface area contributed by atoms with Gasteiger partial charge in [-0.25, -0.2) is 0 Å². The van der Waals surface area contributed by atoms with Crippen molar-refractivity contribution in [2.24, 2.45) is 0 Å². The summed E-state index contributed by atoms with van der Waals surface area (Å²) in [6.07, 6.45) is 1.03. The number of aryl methyl sites for hydroxylation is 1. The molecule has 1 fully saturated rings. The van der Waals surface area contributed by atoms with Gasteiger partial charge in [-0.05, 0) is 13.8 Å². The van der Waals surface area contributed by atoms with Gasteiger partial charge in [0, 0.05) is 25.6 Å². The topological polar surface area (TPSA) is 80.5 Å². The maximum atomic E-state index is 11.9. The molecule has 2 rings (SSSR count). The molecule has 1 amide bonds. The van der Waals surface area contributed by atoms with Gasteiger partial charge >= 0.3 is 0 Å². The summed E-state index contributed by atoms with van der Waals surface area (Å²) in [5.41, 5.74) is 0. The van der Waals surface area contributed by atoms with Crippen molar-refractivity contribution in [2.75, 3.05) is 19.7 Å². The monoisotopic (exact) mass is 296 g/mol. The third kappa shape index (κ3) is 4.78. The first-order valence-corrected chi connectivity index (χ1v) is 7.52. The van der Waals surface area contributed by atoms with Gasteiger partial charge in [0.1, 0.15) is 0 Å². The summed E-state index contributed by atoms with van der Waals surface area (Å²) >= 11 is 0. The van der Waals surface area contributed by atoms with Crippen molar-refractivity contribution in [3.63, 3.8) is 0 Å². The summed E-state index contributed by atoms with van der Waals surface area (Å²) in [6.45, 7) is 8.94. The number of ether oxygens (including phenoxy) is 1. The van der Waals surface area contributed by atoms with Crippen LogP contribution in [0.25, 0.3) is 0 Å². The fraction of sp³-hybridized carbons (Fsp3) is 0.786. The van der Waals surface area contributed by atoms with E-state index in [9.17, 15) is 4.79 Å². The van der Waals surface area contributed by atoms with Crippen LogP contribution in [0.1, 0.15) is 38.9 Å². The molecule has 7 nitrogen and oxygen atoms in total. The van der Waals surface area contributed by atoms with Gasteiger partial charge < -0.3 is 14.6 Å². The van der Waals surface area contributed by atoms with E-state index in [2.05, 4.69) is 34.2 Å². The number of rotatable bonds is 6. The highest BCUT2D eigenvalue weighted by molar-refractivity contribution is 5.76. The zero-order chi connectivity index (χ0) is 15.2. The van der Waals surface area contributed by atoms with Crippen molar-refractivity contribution < 1.29 is 14.1 Å². The summed E-state index contributed by atoms with van der Waals surface area (Å²) in [7, 11) is 0. The lowest BCUT2D eigenvalue weighted by molar-refractivity contribution is -0.126. The largest absolute Gasteiger partial charge is 0.375 e. The Morgan fingerprint density at radius 2 is 2.33 bits per heavy atom. The smallest absolute Gasteiger partial charge is 0.246 e. The van der Waals surface area contributed by atoms with Crippen LogP contribution >= 0.6 is 0 Å². The number of nitrogens with zero attached hydrogens (tertiary/aromatic N) is 3. The summed E-state index contributed by atoms with van der Waals surface area (Å²) in [5.74, 6) is 1.04. The minimum Gasteiger partial charge on any atom is -0.375 e. The average Bonchev–Trinajstić information content (AvgIpc) is 2.93. The van der Waals surface area contributed by atoms with E-state index in [0.29, 0.717) is 30.8 Å². The standard InChI is InChI=1S/C14H24N4O3/c1-4-12-16-14(21-17-12)8-15-13(19)7-11-9-18(10(2)3)5-6-20-11/h10-11H,4-9H2,1-3H3,(H,15,19). The third-order valence-electron chi connectivity index (χ3n) is 3.58. The van der Waals surface area contributed by atoms with E-state index in [1.54, 1.807) is 0 Å². The number of amides is 1. The first kappa shape index (κ1) is 15.9. The number of hydrogen-bond acceptors (Lipinski definition) is 6. The van der Waals surface area contributed by atoms with Crippen LogP contribution in [0.5, 0.6) is 0 Å². The maximum Gasteiger partial charge on any atom is 0.246 e. The molecule has 0 spiro atoms. The van der Waals surface area contributed by atoms with E-state index in [4.69, 9.17) is 9.26 Å². The second kappa shape index (κ2) is 7.51. The molecule has 1 atom stereocenters. The average molecular weight is 296 g/mol. The molecule has 1 aliphatic rings. The van der Waals surface area contributed by atoms with Crippen molar-refractivity contribution in [3.8, 4) is 0 Å². The minimum absolute atomic E-state index is 0.0463. The zero-order valence-electron chi connectivity index (χ0n) is 13.0. The molecular formula is C14H24N4O3. The lowest BCUT2D eigenvalue weighted by atomic mass is 10.1. The molecule has 1 saturated heterocycles. The summed E-state index contributed by atoms with van der Waals surface area (Å²) in [4.78, 5) is 18.4. The first-order valence-electron chi connectivity index (χ1n) is 7.52. The summed E-state index contributed by atoms with van der Waals surface area (Å²) in [5, 5.41) is 6.58. The number of morpholine rings is 1. The molecule has 1 unspecified atom stereocenters. The van der Waals surface area contributed by atoms with E-state index in [0.717, 1.165) is 19.5 Å². The Balaban J connectivity index is 1.73. The minimum atomic E-state index is -0.0538. The fourth-order valence-corrected chi connectivity index (χ4v) is 2.29. The Morgan fingerprint density at radius 1 is 1.52 bits per heavy atom. The Hall–Kier alpha value is -1.47. The highest BCUT2D eigenvalue weighted by Gasteiger charge is 2.24. The first-order chi connectivity index (χ1) is 10.1. The molecule has 0 aromatic carbocycles. The lowest BCUT2D eigenvalue weighted by Gasteiger charge is -2.35. The van der Waals surface area contributed by atoms with Gasteiger partial charge in [-0.15, -0.1) is 0 Å². The number of aromatic nitrogens is 2. The normalized spacial score (nSPS) is 19.9. The summed E-state index contributed by atoms with van der Waals surface area (Å²) in [6, 6.07) is 0.477. The van der Waals surface area contributed by atoms with Gasteiger partial charge in [0.25, 0.3) is 0 Å². The van der Waals surface area contributed by atoms with Gasteiger partial charge in [-0.3, -0.25) is 9.69 Å². The van der Waals surface area contributed by atoms with E-state index < -0.39 is 0 Å². The molecule has 118 valence electrons. The van der Waals surface area contributed by atoms with Crippen molar-refractivity contribution in [2.45, 2.75) is 52.3 Å². The Bertz CT molecular complexity index is 461. The SMILES string of the molecule is CCc1noc(CNC(=O)CC2CN(C(C)C)CCO2)n1. The van der Waals surface area contributed by atoms with Crippen molar-refractivity contribution in [1.29, 1.82) is 0 Å². The van der Waals surface area contributed by atoms with Gasteiger partial charge in [0.05, 0.1) is 25.7 Å². The second-order valence-corrected chi connectivity index (χ2v) is 5.52. The van der Waals surface area contributed by atoms with Crippen molar-refractivity contribution in [3.05, 3.63) is 11.7 Å². The molecule has 1 N–H and O–H groups in total. The molecule has 0 radical (unpaired) electrons. The molecule has 2 heterocycles. The fourth-order valence-electron chi connectivity index (χ4n) is 2.29. The van der Waals surface area contributed by atoms with E-state index in [1.807, 2.05) is 6.92 Å². The van der Waals surface area contributed by atoms with E-state index in [1.165, 1.54) is 0 Å². The number of hydrogen-bond donors (Lipinski definition) is 1. The number of carbonyl (C=O) groups is 1. The Kier molecular flexibility index (Phi) is 5.69. The predicted molar refractivity (Wildman–Crippen MR) is 76.6 cm³/mol. The molecular weight excluding hydrogens is 272 g/mol. The second-order valence-electron chi connectivity index (χ2n) is 5.52. The summed E-state index contributed by atoms with van der Waals surface area (Å²) < 4.78 is 10.7. The molecule has 21 heavy (non-hydrogen) atoms. The van der Waals surface area contributed by atoms with E-state index >= 15 is 0 Å². The maximum absolute atomic E-state index is 11.9. The molecule has 1 aromatic rings. The van der Waals surface area contributed by atoms with E-state index in [-0.39, 0.29) is 18.6 Å². The highest BCUT2D eigenvalue weighted by Crippen LogP contribution is 2.11. The van der Waals surface area contributed by atoms with Crippen molar-refractivity contribution >= 4 is 5.91 Å². The quantitative estimate of drug-likeness (QED) is 0.834. The molecule has 1 aliphatic heterocycles. The van der Waals surface area contributed by atoms with Crippen LogP contribution in [0.3, 0.4) is 0 Å². The third-order valence-corrected chi connectivity index (χ3v) is 3.58. The van der Waals surface area contributed by atoms with Gasteiger partial charge in [0.15, 0.2) is 5.82 Å². The van der Waals surface area contributed by atoms with Crippen LogP contribution in [0, 0.1) is 0 Å².